The predicted molar refractivity (Wildman–Crippen MR) is 101 cm³/mol. The number of amides is 1. The van der Waals surface area contributed by atoms with Crippen molar-refractivity contribution in [3.8, 4) is 11.3 Å². The topological polar surface area (TPSA) is 76.6 Å². The van der Waals surface area contributed by atoms with Crippen molar-refractivity contribution in [3.05, 3.63) is 57.2 Å². The summed E-state index contributed by atoms with van der Waals surface area (Å²) in [6.45, 7) is 3.81. The van der Waals surface area contributed by atoms with E-state index in [1.165, 1.54) is 23.9 Å². The van der Waals surface area contributed by atoms with E-state index in [2.05, 4.69) is 0 Å². The van der Waals surface area contributed by atoms with Crippen LogP contribution in [-0.2, 0) is 4.79 Å². The van der Waals surface area contributed by atoms with Gasteiger partial charge in [-0.05, 0) is 26.0 Å². The van der Waals surface area contributed by atoms with Gasteiger partial charge in [0.15, 0.2) is 0 Å². The fourth-order valence-corrected chi connectivity index (χ4v) is 3.92. The summed E-state index contributed by atoms with van der Waals surface area (Å²) in [5, 5.41) is 10.9. The predicted octanol–water partition coefficient (Wildman–Crippen LogP) is 4.46. The molecule has 1 amide bonds. The van der Waals surface area contributed by atoms with Crippen LogP contribution in [0.1, 0.15) is 19.6 Å². The first-order valence-electron chi connectivity index (χ1n) is 7.48. The number of furan rings is 1. The van der Waals surface area contributed by atoms with E-state index in [1.807, 2.05) is 13.8 Å². The molecule has 1 saturated heterocycles. The number of carbonyl (C=O) groups is 1. The lowest BCUT2D eigenvalue weighted by molar-refractivity contribution is -0.384. The van der Waals surface area contributed by atoms with Gasteiger partial charge in [-0.25, -0.2) is 0 Å². The molecule has 128 valence electrons. The third kappa shape index (κ3) is 3.49. The standard InChI is InChI=1S/C17H14N2O4S2/c1-10(2)18-16(20)15(25-17(18)24)9-13-6-7-14(23-13)11-4-3-5-12(8-11)19(21)22/h3-10H,1-2H3/b15-9-. The van der Waals surface area contributed by atoms with Crippen LogP contribution in [0.4, 0.5) is 5.69 Å². The number of thiocarbonyl (C=S) groups is 1. The van der Waals surface area contributed by atoms with Crippen molar-refractivity contribution in [2.75, 3.05) is 0 Å². The van der Waals surface area contributed by atoms with Gasteiger partial charge in [0.25, 0.3) is 11.6 Å². The van der Waals surface area contributed by atoms with E-state index >= 15 is 0 Å². The van der Waals surface area contributed by atoms with Gasteiger partial charge in [0.2, 0.25) is 0 Å². The lowest BCUT2D eigenvalue weighted by Gasteiger charge is -2.18. The van der Waals surface area contributed by atoms with Crippen molar-refractivity contribution in [1.29, 1.82) is 0 Å². The zero-order valence-corrected chi connectivity index (χ0v) is 15.1. The highest BCUT2D eigenvalue weighted by Crippen LogP contribution is 2.35. The zero-order valence-electron chi connectivity index (χ0n) is 13.5. The molecule has 1 aliphatic heterocycles. The van der Waals surface area contributed by atoms with E-state index < -0.39 is 4.92 Å². The van der Waals surface area contributed by atoms with Gasteiger partial charge in [-0.2, -0.15) is 0 Å². The van der Waals surface area contributed by atoms with Gasteiger partial charge in [0, 0.05) is 29.8 Å². The molecule has 2 aromatic rings. The van der Waals surface area contributed by atoms with E-state index in [1.54, 1.807) is 35.2 Å². The summed E-state index contributed by atoms with van der Waals surface area (Å²) >= 11 is 6.48. The van der Waals surface area contributed by atoms with Crippen LogP contribution in [0.15, 0.2) is 45.7 Å². The molecule has 0 unspecified atom stereocenters. The van der Waals surface area contributed by atoms with Gasteiger partial charge in [-0.1, -0.05) is 36.1 Å². The van der Waals surface area contributed by atoms with Gasteiger partial charge in [0.05, 0.1) is 9.83 Å². The maximum atomic E-state index is 12.4. The normalized spacial score (nSPS) is 16.3. The number of thioether (sulfide) groups is 1. The molecule has 8 heteroatoms. The minimum atomic E-state index is -0.454. The molecule has 0 N–H and O–H groups in total. The molecule has 25 heavy (non-hydrogen) atoms. The first-order valence-corrected chi connectivity index (χ1v) is 8.71. The van der Waals surface area contributed by atoms with Gasteiger partial charge >= 0.3 is 0 Å². The highest BCUT2D eigenvalue weighted by molar-refractivity contribution is 8.26. The Balaban J connectivity index is 1.88. The van der Waals surface area contributed by atoms with E-state index in [0.717, 1.165) is 0 Å². The van der Waals surface area contributed by atoms with Crippen molar-refractivity contribution in [3.63, 3.8) is 0 Å². The number of benzene rings is 1. The van der Waals surface area contributed by atoms with Crippen LogP contribution < -0.4 is 0 Å². The number of non-ortho nitro benzene ring substituents is 1. The maximum absolute atomic E-state index is 12.4. The fourth-order valence-electron chi connectivity index (χ4n) is 2.41. The number of hydrogen-bond donors (Lipinski definition) is 0. The number of nitro groups is 1. The SMILES string of the molecule is CC(C)N1C(=O)/C(=C/c2ccc(-c3cccc([N+](=O)[O-])c3)o2)SC1=S. The summed E-state index contributed by atoms with van der Waals surface area (Å²) in [4.78, 5) is 24.9. The molecule has 1 aromatic heterocycles. The second kappa shape index (κ2) is 6.81. The first-order chi connectivity index (χ1) is 11.9. The average molecular weight is 374 g/mol. The Morgan fingerprint density at radius 1 is 1.32 bits per heavy atom. The highest BCUT2D eigenvalue weighted by Gasteiger charge is 2.33. The van der Waals surface area contributed by atoms with Crippen LogP contribution in [0.25, 0.3) is 17.4 Å². The molecule has 1 fully saturated rings. The number of nitro benzene ring substituents is 1. The summed E-state index contributed by atoms with van der Waals surface area (Å²) in [6, 6.07) is 9.63. The van der Waals surface area contributed by atoms with Crippen molar-refractivity contribution >= 4 is 46.0 Å². The Hall–Kier alpha value is -2.45. The molecule has 3 rings (SSSR count). The van der Waals surface area contributed by atoms with E-state index in [-0.39, 0.29) is 17.6 Å². The lowest BCUT2D eigenvalue weighted by atomic mass is 10.1. The van der Waals surface area contributed by atoms with Crippen molar-refractivity contribution in [1.82, 2.24) is 4.90 Å². The third-order valence-corrected chi connectivity index (χ3v) is 4.91. The molecule has 0 radical (unpaired) electrons. The number of hydrogen-bond acceptors (Lipinski definition) is 6. The summed E-state index contributed by atoms with van der Waals surface area (Å²) in [6.07, 6.45) is 1.64. The van der Waals surface area contributed by atoms with Crippen LogP contribution >= 0.6 is 24.0 Å². The van der Waals surface area contributed by atoms with E-state index in [0.29, 0.717) is 26.3 Å². The highest BCUT2D eigenvalue weighted by atomic mass is 32.2. The minimum absolute atomic E-state index is 0.00423. The van der Waals surface area contributed by atoms with E-state index in [4.69, 9.17) is 16.6 Å². The second-order valence-electron chi connectivity index (χ2n) is 5.65. The fraction of sp³-hybridized carbons (Fsp3) is 0.176. The Morgan fingerprint density at radius 2 is 2.08 bits per heavy atom. The van der Waals surface area contributed by atoms with Crippen molar-refractivity contribution in [2.45, 2.75) is 19.9 Å². The molecule has 0 saturated carbocycles. The molecule has 0 aliphatic carbocycles. The summed E-state index contributed by atoms with van der Waals surface area (Å²) in [5.41, 5.74) is 0.594. The molecule has 1 aromatic carbocycles. The summed E-state index contributed by atoms with van der Waals surface area (Å²) < 4.78 is 6.24. The Morgan fingerprint density at radius 3 is 2.72 bits per heavy atom. The average Bonchev–Trinajstić information content (AvgIpc) is 3.13. The van der Waals surface area contributed by atoms with Gasteiger partial charge in [0.1, 0.15) is 15.8 Å². The van der Waals surface area contributed by atoms with Crippen LogP contribution in [-0.4, -0.2) is 26.1 Å². The van der Waals surface area contributed by atoms with Crippen LogP contribution in [0.3, 0.4) is 0 Å². The Kier molecular flexibility index (Phi) is 4.73. The van der Waals surface area contributed by atoms with E-state index in [9.17, 15) is 14.9 Å². The lowest BCUT2D eigenvalue weighted by Crippen LogP contribution is -2.34. The Labute approximate surface area is 153 Å². The quantitative estimate of drug-likeness (QED) is 0.340. The molecule has 2 heterocycles. The van der Waals surface area contributed by atoms with Gasteiger partial charge in [-0.15, -0.1) is 0 Å². The number of carbonyl (C=O) groups excluding carboxylic acids is 1. The van der Waals surface area contributed by atoms with Crippen molar-refractivity contribution in [2.24, 2.45) is 0 Å². The molecule has 0 atom stereocenters. The smallest absolute Gasteiger partial charge is 0.270 e. The third-order valence-electron chi connectivity index (χ3n) is 3.58. The largest absolute Gasteiger partial charge is 0.457 e. The first kappa shape index (κ1) is 17.4. The van der Waals surface area contributed by atoms with Crippen LogP contribution in [0, 0.1) is 10.1 Å². The number of nitrogens with zero attached hydrogens (tertiary/aromatic N) is 2. The molecule has 6 nitrogen and oxygen atoms in total. The molecular weight excluding hydrogens is 360 g/mol. The summed E-state index contributed by atoms with van der Waals surface area (Å²) in [7, 11) is 0. The van der Waals surface area contributed by atoms with Crippen LogP contribution in [0.2, 0.25) is 0 Å². The molecule has 1 aliphatic rings. The van der Waals surface area contributed by atoms with Gasteiger partial charge < -0.3 is 4.42 Å². The molecule has 0 spiro atoms. The second-order valence-corrected chi connectivity index (χ2v) is 7.33. The molecular formula is C17H14N2O4S2. The molecule has 0 bridgehead atoms. The van der Waals surface area contributed by atoms with Crippen LogP contribution in [0.5, 0.6) is 0 Å². The number of rotatable bonds is 4. The summed E-state index contributed by atoms with van der Waals surface area (Å²) in [5.74, 6) is 0.846. The zero-order chi connectivity index (χ0) is 18.1. The van der Waals surface area contributed by atoms with Crippen molar-refractivity contribution < 1.29 is 14.1 Å². The Bertz CT molecular complexity index is 902. The maximum Gasteiger partial charge on any atom is 0.270 e. The minimum Gasteiger partial charge on any atom is -0.457 e. The monoisotopic (exact) mass is 374 g/mol. The van der Waals surface area contributed by atoms with Gasteiger partial charge in [-0.3, -0.25) is 19.8 Å².